The zero-order chi connectivity index (χ0) is 10.6. The Morgan fingerprint density at radius 1 is 1.57 bits per heavy atom. The van der Waals surface area contributed by atoms with Gasteiger partial charge in [-0.15, -0.1) is 0 Å². The highest BCUT2D eigenvalue weighted by Gasteiger charge is 2.11. The Balaban J connectivity index is 2.82. The molecule has 0 fully saturated rings. The minimum atomic E-state index is -2.37. The molecule has 5 heteroatoms. The average molecular weight is 201 g/mol. The number of nitrogens with two attached hydrogens (primary N) is 1. The SMILES string of the molecule is CN(CC(F)F)c1ncccc1CN. The number of nitrogens with zero attached hydrogens (tertiary/aromatic N) is 2. The zero-order valence-corrected chi connectivity index (χ0v) is 7.95. The van der Waals surface area contributed by atoms with Crippen molar-refractivity contribution in [1.82, 2.24) is 4.98 Å². The molecule has 0 saturated carbocycles. The Morgan fingerprint density at radius 3 is 2.86 bits per heavy atom. The van der Waals surface area contributed by atoms with Crippen molar-refractivity contribution in [2.24, 2.45) is 5.73 Å². The summed E-state index contributed by atoms with van der Waals surface area (Å²) in [6.45, 7) is -0.0270. The van der Waals surface area contributed by atoms with Crippen LogP contribution in [0.1, 0.15) is 5.56 Å². The molecule has 1 aromatic rings. The van der Waals surface area contributed by atoms with Crippen LogP contribution in [-0.4, -0.2) is 25.0 Å². The van der Waals surface area contributed by atoms with Crippen molar-refractivity contribution in [1.29, 1.82) is 0 Å². The normalized spacial score (nSPS) is 10.6. The van der Waals surface area contributed by atoms with E-state index >= 15 is 0 Å². The molecule has 1 heterocycles. The fraction of sp³-hybridized carbons (Fsp3) is 0.444. The molecule has 0 aliphatic rings. The fourth-order valence-corrected chi connectivity index (χ4v) is 1.23. The van der Waals surface area contributed by atoms with Gasteiger partial charge in [-0.25, -0.2) is 13.8 Å². The van der Waals surface area contributed by atoms with Crippen LogP contribution in [0.3, 0.4) is 0 Å². The lowest BCUT2D eigenvalue weighted by Crippen LogP contribution is -2.26. The van der Waals surface area contributed by atoms with E-state index in [4.69, 9.17) is 5.73 Å². The lowest BCUT2D eigenvalue weighted by atomic mass is 10.2. The lowest BCUT2D eigenvalue weighted by molar-refractivity contribution is 0.156. The van der Waals surface area contributed by atoms with Crippen LogP contribution in [-0.2, 0) is 6.54 Å². The Labute approximate surface area is 81.5 Å². The summed E-state index contributed by atoms with van der Waals surface area (Å²) in [5.41, 5.74) is 6.24. The third-order valence-electron chi connectivity index (χ3n) is 1.86. The maximum absolute atomic E-state index is 12.1. The van der Waals surface area contributed by atoms with Crippen molar-refractivity contribution in [3.8, 4) is 0 Å². The summed E-state index contributed by atoms with van der Waals surface area (Å²) in [6.07, 6.45) is -0.802. The summed E-state index contributed by atoms with van der Waals surface area (Å²) >= 11 is 0. The zero-order valence-electron chi connectivity index (χ0n) is 7.95. The largest absolute Gasteiger partial charge is 0.354 e. The molecule has 1 rings (SSSR count). The highest BCUT2D eigenvalue weighted by molar-refractivity contribution is 5.45. The van der Waals surface area contributed by atoms with Crippen molar-refractivity contribution < 1.29 is 8.78 Å². The summed E-state index contributed by atoms with van der Waals surface area (Å²) in [7, 11) is 1.58. The topological polar surface area (TPSA) is 42.2 Å². The van der Waals surface area contributed by atoms with Gasteiger partial charge in [0.05, 0.1) is 6.54 Å². The molecule has 0 amide bonds. The maximum Gasteiger partial charge on any atom is 0.255 e. The molecule has 2 N–H and O–H groups in total. The van der Waals surface area contributed by atoms with Gasteiger partial charge in [-0.05, 0) is 6.07 Å². The third kappa shape index (κ3) is 2.63. The highest BCUT2D eigenvalue weighted by atomic mass is 19.3. The molecule has 0 aromatic carbocycles. The molecule has 0 radical (unpaired) electrons. The van der Waals surface area contributed by atoms with E-state index in [1.54, 1.807) is 25.4 Å². The molecule has 0 aliphatic carbocycles. The number of alkyl halides is 2. The Morgan fingerprint density at radius 2 is 2.29 bits per heavy atom. The number of halogens is 2. The lowest BCUT2D eigenvalue weighted by Gasteiger charge is -2.19. The first-order valence-electron chi connectivity index (χ1n) is 4.28. The van der Waals surface area contributed by atoms with E-state index in [9.17, 15) is 8.78 Å². The number of rotatable bonds is 4. The predicted octanol–water partition coefficient (Wildman–Crippen LogP) is 1.24. The average Bonchev–Trinajstić information content (AvgIpc) is 2.16. The fourth-order valence-electron chi connectivity index (χ4n) is 1.23. The Bertz CT molecular complexity index is 291. The van der Waals surface area contributed by atoms with Crippen molar-refractivity contribution in [2.75, 3.05) is 18.5 Å². The first-order valence-corrected chi connectivity index (χ1v) is 4.28. The van der Waals surface area contributed by atoms with Gasteiger partial charge in [0, 0.05) is 25.4 Å². The van der Waals surface area contributed by atoms with Gasteiger partial charge in [0.1, 0.15) is 5.82 Å². The number of hydrogen-bond donors (Lipinski definition) is 1. The second-order valence-corrected chi connectivity index (χ2v) is 2.96. The summed E-state index contributed by atoms with van der Waals surface area (Å²) in [5.74, 6) is 0.523. The summed E-state index contributed by atoms with van der Waals surface area (Å²) < 4.78 is 24.2. The molecule has 0 unspecified atom stereocenters. The first kappa shape index (κ1) is 10.8. The second kappa shape index (κ2) is 4.85. The molecule has 0 aliphatic heterocycles. The predicted molar refractivity (Wildman–Crippen MR) is 51.4 cm³/mol. The summed E-state index contributed by atoms with van der Waals surface area (Å²) in [6, 6.07) is 3.52. The summed E-state index contributed by atoms with van der Waals surface area (Å²) in [4.78, 5) is 5.42. The van der Waals surface area contributed by atoms with Crippen LogP contribution in [0.2, 0.25) is 0 Å². The van der Waals surface area contributed by atoms with Gasteiger partial charge in [0.2, 0.25) is 0 Å². The molecule has 0 atom stereocenters. The van der Waals surface area contributed by atoms with Gasteiger partial charge in [-0.1, -0.05) is 6.07 Å². The second-order valence-electron chi connectivity index (χ2n) is 2.96. The first-order chi connectivity index (χ1) is 6.65. The molecule has 0 bridgehead atoms. The van der Waals surface area contributed by atoms with Crippen LogP contribution in [0.25, 0.3) is 0 Å². The number of hydrogen-bond acceptors (Lipinski definition) is 3. The molecular formula is C9H13F2N3. The van der Waals surface area contributed by atoms with Crippen molar-refractivity contribution in [2.45, 2.75) is 13.0 Å². The van der Waals surface area contributed by atoms with Crippen LogP contribution < -0.4 is 10.6 Å². The van der Waals surface area contributed by atoms with Crippen LogP contribution in [0.15, 0.2) is 18.3 Å². The van der Waals surface area contributed by atoms with Crippen molar-refractivity contribution in [3.63, 3.8) is 0 Å². The number of aromatic nitrogens is 1. The van der Waals surface area contributed by atoms with Gasteiger partial charge >= 0.3 is 0 Å². The van der Waals surface area contributed by atoms with Crippen LogP contribution in [0.5, 0.6) is 0 Å². The Kier molecular flexibility index (Phi) is 3.76. The Hall–Kier alpha value is -1.23. The molecular weight excluding hydrogens is 188 g/mol. The van der Waals surface area contributed by atoms with E-state index in [1.807, 2.05) is 0 Å². The molecule has 14 heavy (non-hydrogen) atoms. The van der Waals surface area contributed by atoms with Gasteiger partial charge in [0.15, 0.2) is 0 Å². The third-order valence-corrected chi connectivity index (χ3v) is 1.86. The van der Waals surface area contributed by atoms with E-state index in [1.165, 1.54) is 4.90 Å². The minimum Gasteiger partial charge on any atom is -0.354 e. The summed E-state index contributed by atoms with van der Waals surface area (Å²) in [5, 5.41) is 0. The molecule has 1 aromatic heterocycles. The van der Waals surface area contributed by atoms with Gasteiger partial charge in [-0.2, -0.15) is 0 Å². The van der Waals surface area contributed by atoms with Crippen molar-refractivity contribution >= 4 is 5.82 Å². The van der Waals surface area contributed by atoms with Crippen LogP contribution in [0.4, 0.5) is 14.6 Å². The quantitative estimate of drug-likeness (QED) is 0.797. The minimum absolute atomic E-state index is 0.302. The van der Waals surface area contributed by atoms with Gasteiger partial charge in [-0.3, -0.25) is 0 Å². The standard InChI is InChI=1S/C9H13F2N3/c1-14(6-8(10)11)9-7(5-12)3-2-4-13-9/h2-4,8H,5-6,12H2,1H3. The van der Waals surface area contributed by atoms with Crippen LogP contribution in [0, 0.1) is 0 Å². The highest BCUT2D eigenvalue weighted by Crippen LogP contribution is 2.15. The maximum atomic E-state index is 12.1. The van der Waals surface area contributed by atoms with E-state index in [2.05, 4.69) is 4.98 Å². The number of anilines is 1. The van der Waals surface area contributed by atoms with E-state index < -0.39 is 6.43 Å². The van der Waals surface area contributed by atoms with Crippen molar-refractivity contribution in [3.05, 3.63) is 23.9 Å². The van der Waals surface area contributed by atoms with E-state index in [0.29, 0.717) is 12.4 Å². The molecule has 78 valence electrons. The smallest absolute Gasteiger partial charge is 0.255 e. The molecule has 0 saturated heterocycles. The van der Waals surface area contributed by atoms with Crippen LogP contribution >= 0.6 is 0 Å². The number of pyridine rings is 1. The van der Waals surface area contributed by atoms with Gasteiger partial charge < -0.3 is 10.6 Å². The molecule has 0 spiro atoms. The van der Waals surface area contributed by atoms with E-state index in [-0.39, 0.29) is 6.54 Å². The van der Waals surface area contributed by atoms with E-state index in [0.717, 1.165) is 5.56 Å². The van der Waals surface area contributed by atoms with Gasteiger partial charge in [0.25, 0.3) is 6.43 Å². The molecule has 3 nitrogen and oxygen atoms in total. The monoisotopic (exact) mass is 201 g/mol.